The number of guanidine groups is 1. The van der Waals surface area contributed by atoms with E-state index in [9.17, 15) is 4.79 Å². The molecule has 0 unspecified atom stereocenters. The van der Waals surface area contributed by atoms with Crippen molar-refractivity contribution < 1.29 is 9.53 Å². The van der Waals surface area contributed by atoms with Gasteiger partial charge < -0.3 is 20.7 Å². The van der Waals surface area contributed by atoms with Gasteiger partial charge in [-0.1, -0.05) is 25.1 Å². The summed E-state index contributed by atoms with van der Waals surface area (Å²) >= 11 is 0. The zero-order chi connectivity index (χ0) is 16.0. The molecule has 0 saturated carbocycles. The van der Waals surface area contributed by atoms with Crippen LogP contribution in [-0.4, -0.2) is 45.2 Å². The van der Waals surface area contributed by atoms with Gasteiger partial charge in [-0.25, -0.2) is 0 Å². The van der Waals surface area contributed by atoms with Gasteiger partial charge >= 0.3 is 0 Å². The lowest BCUT2D eigenvalue weighted by atomic mass is 10.3. The van der Waals surface area contributed by atoms with Crippen LogP contribution in [0.3, 0.4) is 0 Å². The average molecular weight is 306 g/mol. The third-order valence-electron chi connectivity index (χ3n) is 2.84. The largest absolute Gasteiger partial charge is 0.494 e. The molecule has 0 bridgehead atoms. The van der Waals surface area contributed by atoms with Crippen molar-refractivity contribution in [1.29, 1.82) is 0 Å². The number of amides is 1. The topological polar surface area (TPSA) is 74.8 Å². The Hall–Kier alpha value is -2.24. The van der Waals surface area contributed by atoms with Crippen LogP contribution < -0.4 is 20.7 Å². The molecule has 22 heavy (non-hydrogen) atoms. The summed E-state index contributed by atoms with van der Waals surface area (Å²) in [5.74, 6) is 1.46. The number of rotatable bonds is 9. The minimum Gasteiger partial charge on any atom is -0.494 e. The molecule has 0 aliphatic carbocycles. The highest BCUT2D eigenvalue weighted by molar-refractivity contribution is 5.86. The van der Waals surface area contributed by atoms with Crippen LogP contribution in [0.1, 0.15) is 19.8 Å². The van der Waals surface area contributed by atoms with Crippen LogP contribution in [0.5, 0.6) is 5.75 Å². The number of benzene rings is 1. The molecule has 1 aromatic carbocycles. The number of carbonyl (C=O) groups excluding carboxylic acids is 1. The van der Waals surface area contributed by atoms with Gasteiger partial charge in [-0.2, -0.15) is 0 Å². The van der Waals surface area contributed by atoms with Crippen LogP contribution in [-0.2, 0) is 4.79 Å². The zero-order valence-corrected chi connectivity index (χ0v) is 13.4. The third-order valence-corrected chi connectivity index (χ3v) is 2.84. The predicted molar refractivity (Wildman–Crippen MR) is 89.2 cm³/mol. The van der Waals surface area contributed by atoms with E-state index in [4.69, 9.17) is 4.74 Å². The molecular formula is C16H26N4O2. The first-order valence-electron chi connectivity index (χ1n) is 7.65. The van der Waals surface area contributed by atoms with E-state index in [-0.39, 0.29) is 12.5 Å². The molecule has 0 aliphatic rings. The minimum atomic E-state index is -0.0304. The Kier molecular flexibility index (Phi) is 9.25. The number of hydrogen-bond acceptors (Lipinski definition) is 3. The molecule has 6 heteroatoms. The lowest BCUT2D eigenvalue weighted by molar-refractivity contribution is -0.120. The number of para-hydroxylation sites is 1. The van der Waals surface area contributed by atoms with Crippen LogP contribution in [0.2, 0.25) is 0 Å². The van der Waals surface area contributed by atoms with E-state index in [1.165, 1.54) is 0 Å². The fourth-order valence-corrected chi connectivity index (χ4v) is 1.70. The molecule has 0 saturated heterocycles. The van der Waals surface area contributed by atoms with Crippen molar-refractivity contribution in [3.05, 3.63) is 30.3 Å². The first kappa shape index (κ1) is 17.8. The Balaban J connectivity index is 2.10. The molecule has 1 amide bonds. The maximum atomic E-state index is 11.5. The fraction of sp³-hybridized carbons (Fsp3) is 0.500. The van der Waals surface area contributed by atoms with E-state index >= 15 is 0 Å². The van der Waals surface area contributed by atoms with E-state index in [0.29, 0.717) is 19.1 Å². The summed E-state index contributed by atoms with van der Waals surface area (Å²) in [6.45, 7) is 4.29. The maximum absolute atomic E-state index is 11.5. The van der Waals surface area contributed by atoms with Crippen molar-refractivity contribution in [2.75, 3.05) is 33.3 Å². The molecule has 0 aromatic heterocycles. The number of ether oxygens (including phenoxy) is 1. The Bertz CT molecular complexity index is 449. The third kappa shape index (κ3) is 8.14. The number of nitrogens with zero attached hydrogens (tertiary/aromatic N) is 1. The Morgan fingerprint density at radius 1 is 1.14 bits per heavy atom. The smallest absolute Gasteiger partial charge is 0.239 e. The summed E-state index contributed by atoms with van der Waals surface area (Å²) < 4.78 is 5.60. The maximum Gasteiger partial charge on any atom is 0.239 e. The minimum absolute atomic E-state index is 0.0304. The van der Waals surface area contributed by atoms with Crippen LogP contribution in [0.15, 0.2) is 35.3 Å². The summed E-state index contributed by atoms with van der Waals surface area (Å²) in [7, 11) is 1.68. The van der Waals surface area contributed by atoms with Crippen molar-refractivity contribution in [2.45, 2.75) is 19.8 Å². The van der Waals surface area contributed by atoms with E-state index in [1.54, 1.807) is 7.05 Å². The van der Waals surface area contributed by atoms with Gasteiger partial charge in [0, 0.05) is 20.1 Å². The molecule has 122 valence electrons. The quantitative estimate of drug-likeness (QED) is 0.363. The second-order valence-electron chi connectivity index (χ2n) is 4.72. The van der Waals surface area contributed by atoms with Gasteiger partial charge in [0.05, 0.1) is 13.2 Å². The molecule has 3 N–H and O–H groups in total. The normalized spacial score (nSPS) is 10.9. The van der Waals surface area contributed by atoms with E-state index in [0.717, 1.165) is 25.1 Å². The molecule has 0 atom stereocenters. The first-order valence-corrected chi connectivity index (χ1v) is 7.65. The zero-order valence-electron chi connectivity index (χ0n) is 13.4. The molecule has 0 heterocycles. The van der Waals surface area contributed by atoms with E-state index in [2.05, 4.69) is 20.9 Å². The van der Waals surface area contributed by atoms with Gasteiger partial charge in [-0.15, -0.1) is 0 Å². The highest BCUT2D eigenvalue weighted by atomic mass is 16.5. The first-order chi connectivity index (χ1) is 10.8. The molecule has 0 radical (unpaired) electrons. The fourth-order valence-electron chi connectivity index (χ4n) is 1.70. The standard InChI is InChI=1S/C16H26N4O2/c1-3-10-18-15(21)13-20-16(17-2)19-11-7-12-22-14-8-5-4-6-9-14/h4-6,8-9H,3,7,10-13H2,1-2H3,(H,18,21)(H2,17,19,20). The van der Waals surface area contributed by atoms with Crippen molar-refractivity contribution >= 4 is 11.9 Å². The number of carbonyl (C=O) groups is 1. The summed E-state index contributed by atoms with van der Waals surface area (Å²) in [6.07, 6.45) is 1.78. The Labute approximate surface area is 132 Å². The van der Waals surface area contributed by atoms with Gasteiger partial charge in [-0.3, -0.25) is 9.79 Å². The molecule has 0 fully saturated rings. The monoisotopic (exact) mass is 306 g/mol. The summed E-state index contributed by atoms with van der Waals surface area (Å²) in [4.78, 5) is 15.5. The highest BCUT2D eigenvalue weighted by Crippen LogP contribution is 2.07. The molecular weight excluding hydrogens is 280 g/mol. The van der Waals surface area contributed by atoms with Crippen LogP contribution in [0.25, 0.3) is 0 Å². The Morgan fingerprint density at radius 2 is 1.91 bits per heavy atom. The van der Waals surface area contributed by atoms with Crippen LogP contribution in [0, 0.1) is 0 Å². The summed E-state index contributed by atoms with van der Waals surface area (Å²) in [5.41, 5.74) is 0. The van der Waals surface area contributed by atoms with Crippen molar-refractivity contribution in [1.82, 2.24) is 16.0 Å². The SMILES string of the molecule is CCCNC(=O)CNC(=NC)NCCCOc1ccccc1. The van der Waals surface area contributed by atoms with Crippen molar-refractivity contribution in [3.8, 4) is 5.75 Å². The molecule has 1 aromatic rings. The molecule has 0 spiro atoms. The van der Waals surface area contributed by atoms with Crippen LogP contribution >= 0.6 is 0 Å². The lowest BCUT2D eigenvalue weighted by Gasteiger charge is -2.12. The van der Waals surface area contributed by atoms with E-state index in [1.807, 2.05) is 37.3 Å². The van der Waals surface area contributed by atoms with Crippen LogP contribution in [0.4, 0.5) is 0 Å². The van der Waals surface area contributed by atoms with Gasteiger partial charge in [0.2, 0.25) is 5.91 Å². The lowest BCUT2D eigenvalue weighted by Crippen LogP contribution is -2.43. The average Bonchev–Trinajstić information content (AvgIpc) is 2.56. The number of hydrogen-bond donors (Lipinski definition) is 3. The molecule has 0 aliphatic heterocycles. The number of aliphatic imine (C=N–C) groups is 1. The second-order valence-corrected chi connectivity index (χ2v) is 4.72. The summed E-state index contributed by atoms with van der Waals surface area (Å²) in [6, 6.07) is 9.72. The van der Waals surface area contributed by atoms with E-state index < -0.39 is 0 Å². The van der Waals surface area contributed by atoms with Gasteiger partial charge in [-0.05, 0) is 25.0 Å². The molecule has 1 rings (SSSR count). The van der Waals surface area contributed by atoms with Gasteiger partial charge in [0.1, 0.15) is 5.75 Å². The highest BCUT2D eigenvalue weighted by Gasteiger charge is 2.02. The Morgan fingerprint density at radius 3 is 2.59 bits per heavy atom. The molecule has 6 nitrogen and oxygen atoms in total. The van der Waals surface area contributed by atoms with Crippen molar-refractivity contribution in [3.63, 3.8) is 0 Å². The van der Waals surface area contributed by atoms with Crippen molar-refractivity contribution in [2.24, 2.45) is 4.99 Å². The predicted octanol–water partition coefficient (Wildman–Crippen LogP) is 1.15. The summed E-state index contributed by atoms with van der Waals surface area (Å²) in [5, 5.41) is 8.92. The number of nitrogens with one attached hydrogen (secondary N) is 3. The van der Waals surface area contributed by atoms with Gasteiger partial charge in [0.25, 0.3) is 0 Å². The van der Waals surface area contributed by atoms with Gasteiger partial charge in [0.15, 0.2) is 5.96 Å². The second kappa shape index (κ2) is 11.4.